The number of aryl methyl sites for hydroxylation is 1. The largest absolute Gasteiger partial charge is 0.436 e. The fourth-order valence-electron chi connectivity index (χ4n) is 1.51. The Morgan fingerprint density at radius 1 is 1.28 bits per heavy atom. The summed E-state index contributed by atoms with van der Waals surface area (Å²) in [6.07, 6.45) is 0. The fraction of sp³-hybridized carbons (Fsp3) is 0.154. The van der Waals surface area contributed by atoms with E-state index in [-0.39, 0.29) is 11.6 Å². The molecule has 1 aromatic heterocycles. The molecule has 0 N–H and O–H groups in total. The Morgan fingerprint density at radius 3 is 2.78 bits per heavy atom. The Hall–Kier alpha value is -1.68. The molecule has 0 fully saturated rings. The molecule has 0 radical (unpaired) electrons. The summed E-state index contributed by atoms with van der Waals surface area (Å²) in [5.41, 5.74) is 1.50. The van der Waals surface area contributed by atoms with Gasteiger partial charge in [-0.05, 0) is 30.7 Å². The number of benzene rings is 1. The van der Waals surface area contributed by atoms with Crippen LogP contribution < -0.4 is 4.74 Å². The summed E-state index contributed by atoms with van der Waals surface area (Å²) in [4.78, 5) is 4.08. The molecule has 1 aromatic carbocycles. The molecule has 0 aliphatic rings. The monoisotopic (exact) mass is 269 g/mol. The number of halogens is 3. The molecule has 0 aliphatic carbocycles. The van der Waals surface area contributed by atoms with Gasteiger partial charge in [-0.2, -0.15) is 4.39 Å². The van der Waals surface area contributed by atoms with E-state index in [0.717, 1.165) is 11.6 Å². The molecule has 0 amide bonds. The maximum Gasteiger partial charge on any atom is 0.219 e. The summed E-state index contributed by atoms with van der Waals surface area (Å²) in [5, 5.41) is 0. The Morgan fingerprint density at radius 2 is 2.06 bits per heavy atom. The summed E-state index contributed by atoms with van der Waals surface area (Å²) in [6.45, 7) is 1.77. The number of aromatic nitrogens is 1. The Kier molecular flexibility index (Phi) is 3.77. The van der Waals surface area contributed by atoms with Crippen molar-refractivity contribution in [2.75, 3.05) is 0 Å². The zero-order valence-corrected chi connectivity index (χ0v) is 10.3. The first-order valence-electron chi connectivity index (χ1n) is 5.25. The molecule has 0 saturated heterocycles. The van der Waals surface area contributed by atoms with Crippen molar-refractivity contribution in [3.63, 3.8) is 0 Å². The van der Waals surface area contributed by atoms with Crippen molar-refractivity contribution in [2.24, 2.45) is 0 Å². The summed E-state index contributed by atoms with van der Waals surface area (Å²) in [5.74, 6) is -1.71. The Balaban J connectivity index is 2.34. The number of hydrogen-bond donors (Lipinski definition) is 0. The number of ether oxygens (including phenoxy) is 1. The molecular weight excluding hydrogens is 260 g/mol. The highest BCUT2D eigenvalue weighted by Gasteiger charge is 2.10. The van der Waals surface area contributed by atoms with E-state index in [2.05, 4.69) is 4.98 Å². The van der Waals surface area contributed by atoms with Gasteiger partial charge in [-0.1, -0.05) is 6.07 Å². The van der Waals surface area contributed by atoms with Crippen LogP contribution in [0.1, 0.15) is 11.3 Å². The van der Waals surface area contributed by atoms with Gasteiger partial charge in [0.2, 0.25) is 11.7 Å². The first-order valence-corrected chi connectivity index (χ1v) is 5.79. The third kappa shape index (κ3) is 2.76. The van der Waals surface area contributed by atoms with Gasteiger partial charge in [0.25, 0.3) is 0 Å². The van der Waals surface area contributed by atoms with Crippen LogP contribution in [0.25, 0.3) is 0 Å². The first kappa shape index (κ1) is 12.8. The van der Waals surface area contributed by atoms with Gasteiger partial charge >= 0.3 is 0 Å². The second-order valence-electron chi connectivity index (χ2n) is 3.74. The van der Waals surface area contributed by atoms with Crippen molar-refractivity contribution >= 4 is 11.6 Å². The highest BCUT2D eigenvalue weighted by Crippen LogP contribution is 2.25. The summed E-state index contributed by atoms with van der Waals surface area (Å²) >= 11 is 5.71. The molecule has 0 aliphatic heterocycles. The average molecular weight is 270 g/mol. The van der Waals surface area contributed by atoms with Gasteiger partial charge < -0.3 is 4.74 Å². The summed E-state index contributed by atoms with van der Waals surface area (Å²) < 4.78 is 31.7. The molecule has 94 valence electrons. The normalized spacial score (nSPS) is 10.4. The van der Waals surface area contributed by atoms with Crippen LogP contribution in [0.4, 0.5) is 8.78 Å². The lowest BCUT2D eigenvalue weighted by Crippen LogP contribution is -1.95. The minimum atomic E-state index is -1.03. The van der Waals surface area contributed by atoms with Gasteiger partial charge in [-0.15, -0.1) is 11.6 Å². The molecular formula is C13H10ClF2NO. The van der Waals surface area contributed by atoms with Crippen LogP contribution >= 0.6 is 11.6 Å². The van der Waals surface area contributed by atoms with Gasteiger partial charge in [0.05, 0.1) is 0 Å². The predicted molar refractivity (Wildman–Crippen MR) is 65.0 cm³/mol. The lowest BCUT2D eigenvalue weighted by Gasteiger charge is -2.08. The van der Waals surface area contributed by atoms with Gasteiger partial charge in [0, 0.05) is 17.6 Å². The third-order valence-corrected chi connectivity index (χ3v) is 2.58. The maximum atomic E-state index is 13.4. The molecule has 0 saturated carbocycles. The smallest absolute Gasteiger partial charge is 0.219 e. The molecule has 2 rings (SSSR count). The molecule has 2 nitrogen and oxygen atoms in total. The van der Waals surface area contributed by atoms with Gasteiger partial charge in [0.15, 0.2) is 11.6 Å². The van der Waals surface area contributed by atoms with Crippen molar-refractivity contribution in [3.8, 4) is 11.6 Å². The van der Waals surface area contributed by atoms with Crippen LogP contribution in [-0.2, 0) is 5.88 Å². The molecule has 2 aromatic rings. The van der Waals surface area contributed by atoms with Crippen LogP contribution in [0.3, 0.4) is 0 Å². The van der Waals surface area contributed by atoms with E-state index >= 15 is 0 Å². The number of hydrogen-bond acceptors (Lipinski definition) is 2. The van der Waals surface area contributed by atoms with E-state index in [1.54, 1.807) is 19.1 Å². The van der Waals surface area contributed by atoms with Crippen LogP contribution in [0.2, 0.25) is 0 Å². The summed E-state index contributed by atoms with van der Waals surface area (Å²) in [6, 6.07) is 7.11. The molecule has 0 spiro atoms. The quantitative estimate of drug-likeness (QED) is 0.779. The highest BCUT2D eigenvalue weighted by atomic mass is 35.5. The second kappa shape index (κ2) is 5.31. The molecule has 0 unspecified atom stereocenters. The summed E-state index contributed by atoms with van der Waals surface area (Å²) in [7, 11) is 0. The molecule has 0 bridgehead atoms. The van der Waals surface area contributed by atoms with Crippen molar-refractivity contribution in [1.29, 1.82) is 0 Å². The zero-order valence-electron chi connectivity index (χ0n) is 9.58. The van der Waals surface area contributed by atoms with Crippen LogP contribution in [0.5, 0.6) is 11.6 Å². The van der Waals surface area contributed by atoms with E-state index in [1.807, 2.05) is 0 Å². The maximum absolute atomic E-state index is 13.4. The molecule has 1 heterocycles. The standard InChI is InChI=1S/C13H10ClF2NO/c1-8-5-9(7-14)6-12(17-8)18-11-4-2-3-10(15)13(11)16/h2-6H,7H2,1H3. The van der Waals surface area contributed by atoms with Gasteiger partial charge in [-0.3, -0.25) is 0 Å². The van der Waals surface area contributed by atoms with E-state index in [0.29, 0.717) is 11.6 Å². The lowest BCUT2D eigenvalue weighted by atomic mass is 10.2. The van der Waals surface area contributed by atoms with Crippen molar-refractivity contribution in [1.82, 2.24) is 4.98 Å². The molecule has 18 heavy (non-hydrogen) atoms. The van der Waals surface area contributed by atoms with Crippen LogP contribution in [0, 0.1) is 18.6 Å². The molecule has 0 atom stereocenters. The number of alkyl halides is 1. The van der Waals surface area contributed by atoms with Gasteiger partial charge in [0.1, 0.15) is 0 Å². The minimum absolute atomic E-state index is 0.190. The molecule has 5 heteroatoms. The van der Waals surface area contributed by atoms with Crippen molar-refractivity contribution in [3.05, 3.63) is 53.2 Å². The minimum Gasteiger partial charge on any atom is -0.436 e. The number of nitrogens with zero attached hydrogens (tertiary/aromatic N) is 1. The Bertz CT molecular complexity index is 575. The Labute approximate surface area is 108 Å². The van der Waals surface area contributed by atoms with Crippen molar-refractivity contribution < 1.29 is 13.5 Å². The number of pyridine rings is 1. The second-order valence-corrected chi connectivity index (χ2v) is 4.01. The third-order valence-electron chi connectivity index (χ3n) is 2.27. The van der Waals surface area contributed by atoms with E-state index in [4.69, 9.17) is 16.3 Å². The zero-order chi connectivity index (χ0) is 13.1. The van der Waals surface area contributed by atoms with Crippen LogP contribution in [-0.4, -0.2) is 4.98 Å². The van der Waals surface area contributed by atoms with E-state index in [9.17, 15) is 8.78 Å². The average Bonchev–Trinajstić information content (AvgIpc) is 2.34. The highest BCUT2D eigenvalue weighted by molar-refractivity contribution is 6.17. The topological polar surface area (TPSA) is 22.1 Å². The van der Waals surface area contributed by atoms with E-state index < -0.39 is 11.6 Å². The van der Waals surface area contributed by atoms with Crippen molar-refractivity contribution in [2.45, 2.75) is 12.8 Å². The first-order chi connectivity index (χ1) is 8.60. The predicted octanol–water partition coefficient (Wildman–Crippen LogP) is 4.20. The lowest BCUT2D eigenvalue weighted by molar-refractivity contribution is 0.404. The fourth-order valence-corrected chi connectivity index (χ4v) is 1.67. The van der Waals surface area contributed by atoms with Crippen LogP contribution in [0.15, 0.2) is 30.3 Å². The SMILES string of the molecule is Cc1cc(CCl)cc(Oc2cccc(F)c2F)n1. The van der Waals surface area contributed by atoms with E-state index in [1.165, 1.54) is 12.1 Å². The number of rotatable bonds is 3. The van der Waals surface area contributed by atoms with Gasteiger partial charge in [-0.25, -0.2) is 9.37 Å².